The van der Waals surface area contributed by atoms with Gasteiger partial charge in [-0.2, -0.15) is 13.9 Å². The second-order valence-corrected chi connectivity index (χ2v) is 11.3. The van der Waals surface area contributed by atoms with Gasteiger partial charge in [-0.3, -0.25) is 0 Å². The highest BCUT2D eigenvalue weighted by atomic mass is 19.3. The van der Waals surface area contributed by atoms with Gasteiger partial charge in [-0.15, -0.1) is 5.10 Å². The maximum atomic E-state index is 15.4. The topological polar surface area (TPSA) is 61.3 Å². The van der Waals surface area contributed by atoms with Crippen molar-refractivity contribution in [2.24, 2.45) is 0 Å². The van der Waals surface area contributed by atoms with Crippen LogP contribution in [-0.2, 0) is 11.3 Å². The van der Waals surface area contributed by atoms with Crippen molar-refractivity contribution in [3.63, 3.8) is 0 Å². The molecule has 8 heteroatoms. The molecule has 1 aliphatic heterocycles. The van der Waals surface area contributed by atoms with E-state index < -0.39 is 28.9 Å². The predicted octanol–water partition coefficient (Wildman–Crippen LogP) is 7.13. The summed E-state index contributed by atoms with van der Waals surface area (Å²) in [6.45, 7) is 18.4. The molecule has 37 heavy (non-hydrogen) atoms. The highest BCUT2D eigenvalue weighted by molar-refractivity contribution is 5.98. The summed E-state index contributed by atoms with van der Waals surface area (Å²) in [5.74, 6) is -4.42. The summed E-state index contributed by atoms with van der Waals surface area (Å²) in [7, 11) is 0. The van der Waals surface area contributed by atoms with E-state index in [0.717, 1.165) is 53.3 Å². The largest absolute Gasteiger partial charge is 0.384 e. The Balaban J connectivity index is 1.81. The standard InChI is InChI=1S/C29H35F3N4O/c1-15(2)36-18(5)27(6,7)23-13-20-17(4)34-35-26(21(20)14-24(23)36)33-16(3)19-11-10-12-22(25(19)30)29(31,32)28(8,9)37/h10-16,37H,5H2,1-4,6-9H3,(H,33,35)/t16-/m1/s1. The van der Waals surface area contributed by atoms with E-state index in [1.54, 1.807) is 6.92 Å². The summed E-state index contributed by atoms with van der Waals surface area (Å²) in [6, 6.07) is 7.46. The first-order valence-corrected chi connectivity index (χ1v) is 12.5. The van der Waals surface area contributed by atoms with Gasteiger partial charge in [0.2, 0.25) is 0 Å². The highest BCUT2D eigenvalue weighted by Gasteiger charge is 2.49. The van der Waals surface area contributed by atoms with Gasteiger partial charge < -0.3 is 15.3 Å². The Morgan fingerprint density at radius 3 is 2.32 bits per heavy atom. The van der Waals surface area contributed by atoms with Gasteiger partial charge in [-0.05, 0) is 65.3 Å². The fourth-order valence-electron chi connectivity index (χ4n) is 5.05. The van der Waals surface area contributed by atoms with Crippen LogP contribution in [0.5, 0.6) is 0 Å². The molecule has 5 nitrogen and oxygen atoms in total. The Morgan fingerprint density at radius 2 is 1.73 bits per heavy atom. The molecule has 0 amide bonds. The molecule has 0 saturated heterocycles. The Kier molecular flexibility index (Phi) is 6.35. The molecule has 4 rings (SSSR count). The molecule has 1 aromatic heterocycles. The van der Waals surface area contributed by atoms with Crippen LogP contribution in [-0.4, -0.2) is 26.9 Å². The number of aryl methyl sites for hydroxylation is 1. The minimum Gasteiger partial charge on any atom is -0.384 e. The molecule has 2 heterocycles. The van der Waals surface area contributed by atoms with Gasteiger partial charge >= 0.3 is 5.92 Å². The summed E-state index contributed by atoms with van der Waals surface area (Å²) in [5, 5.41) is 23.5. The van der Waals surface area contributed by atoms with E-state index in [4.69, 9.17) is 0 Å². The maximum Gasteiger partial charge on any atom is 0.303 e. The Morgan fingerprint density at radius 1 is 1.08 bits per heavy atom. The van der Waals surface area contributed by atoms with Crippen LogP contribution >= 0.6 is 0 Å². The van der Waals surface area contributed by atoms with Crippen LogP contribution in [0, 0.1) is 12.7 Å². The molecule has 2 N–H and O–H groups in total. The van der Waals surface area contributed by atoms with Crippen molar-refractivity contribution in [1.29, 1.82) is 0 Å². The third kappa shape index (κ3) is 4.15. The van der Waals surface area contributed by atoms with E-state index in [0.29, 0.717) is 5.82 Å². The normalized spacial score (nSPS) is 16.5. The van der Waals surface area contributed by atoms with Gasteiger partial charge in [-0.1, -0.05) is 32.6 Å². The second-order valence-electron chi connectivity index (χ2n) is 11.3. The van der Waals surface area contributed by atoms with Crippen molar-refractivity contribution in [3.8, 4) is 0 Å². The van der Waals surface area contributed by atoms with Crippen molar-refractivity contribution < 1.29 is 18.3 Å². The molecule has 1 atom stereocenters. The molecule has 0 unspecified atom stereocenters. The molecule has 0 fully saturated rings. The summed E-state index contributed by atoms with van der Waals surface area (Å²) >= 11 is 0. The lowest BCUT2D eigenvalue weighted by Gasteiger charge is -2.30. The fourth-order valence-corrected chi connectivity index (χ4v) is 5.05. The number of alkyl halides is 2. The summed E-state index contributed by atoms with van der Waals surface area (Å²) in [6.07, 6.45) is 0. The van der Waals surface area contributed by atoms with Crippen molar-refractivity contribution in [1.82, 2.24) is 10.2 Å². The fraction of sp³-hybridized carbons (Fsp3) is 0.448. The molecule has 0 bridgehead atoms. The van der Waals surface area contributed by atoms with E-state index in [1.807, 2.05) is 6.92 Å². The first-order valence-electron chi connectivity index (χ1n) is 12.5. The van der Waals surface area contributed by atoms with Crippen LogP contribution in [0.2, 0.25) is 0 Å². The molecule has 0 spiro atoms. The second kappa shape index (κ2) is 8.72. The van der Waals surface area contributed by atoms with Gasteiger partial charge in [0.25, 0.3) is 0 Å². The number of halogens is 3. The van der Waals surface area contributed by atoms with Crippen molar-refractivity contribution in [2.75, 3.05) is 10.2 Å². The summed E-state index contributed by atoms with van der Waals surface area (Å²) in [5.41, 5.74) is 0.412. The number of nitrogens with one attached hydrogen (secondary N) is 1. The lowest BCUT2D eigenvalue weighted by molar-refractivity contribution is -0.170. The van der Waals surface area contributed by atoms with Crippen LogP contribution in [0.1, 0.15) is 76.9 Å². The van der Waals surface area contributed by atoms with Crippen LogP contribution in [0.15, 0.2) is 42.6 Å². The van der Waals surface area contributed by atoms with E-state index in [1.165, 1.54) is 12.1 Å². The van der Waals surface area contributed by atoms with Crippen molar-refractivity contribution in [2.45, 2.75) is 84.4 Å². The molecule has 2 aromatic carbocycles. The number of rotatable bonds is 6. The SMILES string of the molecule is C=C1N(C(C)C)c2cc3c(N[C@H](C)c4cccc(C(F)(F)C(C)(C)O)c4F)nnc(C)c3cc2C1(C)C. The number of benzene rings is 2. The number of fused-ring (bicyclic) bond motifs is 2. The molecule has 3 aromatic rings. The lowest BCUT2D eigenvalue weighted by Crippen LogP contribution is -2.41. The molecule has 198 valence electrons. The zero-order chi connectivity index (χ0) is 27.7. The average Bonchev–Trinajstić information content (AvgIpc) is 2.99. The first kappa shape index (κ1) is 26.9. The van der Waals surface area contributed by atoms with Crippen LogP contribution in [0.25, 0.3) is 10.8 Å². The molecule has 1 aliphatic rings. The van der Waals surface area contributed by atoms with E-state index in [9.17, 15) is 13.9 Å². The average molecular weight is 513 g/mol. The Hall–Kier alpha value is -3.13. The molecular weight excluding hydrogens is 477 g/mol. The molecule has 0 radical (unpaired) electrons. The van der Waals surface area contributed by atoms with Gasteiger partial charge in [0.15, 0.2) is 5.82 Å². The number of aromatic nitrogens is 2. The van der Waals surface area contributed by atoms with E-state index in [-0.39, 0.29) is 17.0 Å². The van der Waals surface area contributed by atoms with Gasteiger partial charge in [-0.25, -0.2) is 4.39 Å². The van der Waals surface area contributed by atoms with Gasteiger partial charge in [0.1, 0.15) is 11.4 Å². The predicted molar refractivity (Wildman–Crippen MR) is 143 cm³/mol. The number of nitrogens with zero attached hydrogens (tertiary/aromatic N) is 3. The lowest BCUT2D eigenvalue weighted by atomic mass is 9.83. The molecule has 0 saturated carbocycles. The third-order valence-corrected chi connectivity index (χ3v) is 7.50. The smallest absolute Gasteiger partial charge is 0.303 e. The monoisotopic (exact) mass is 512 g/mol. The summed E-state index contributed by atoms with van der Waals surface area (Å²) < 4.78 is 45.0. The number of anilines is 2. The van der Waals surface area contributed by atoms with Gasteiger partial charge in [0, 0.05) is 39.2 Å². The number of hydrogen-bond acceptors (Lipinski definition) is 5. The minimum absolute atomic E-state index is 0.0384. The maximum absolute atomic E-state index is 15.4. The first-order chi connectivity index (χ1) is 17.0. The van der Waals surface area contributed by atoms with Crippen molar-refractivity contribution >= 4 is 22.3 Å². The third-order valence-electron chi connectivity index (χ3n) is 7.50. The summed E-state index contributed by atoms with van der Waals surface area (Å²) in [4.78, 5) is 2.21. The van der Waals surface area contributed by atoms with Gasteiger partial charge in [0.05, 0.1) is 17.3 Å². The van der Waals surface area contributed by atoms with Crippen molar-refractivity contribution in [3.05, 3.63) is 70.8 Å². The van der Waals surface area contributed by atoms with Crippen LogP contribution in [0.3, 0.4) is 0 Å². The zero-order valence-electron chi connectivity index (χ0n) is 22.7. The number of aliphatic hydroxyl groups is 1. The molecular formula is C29H35F3N4O. The number of allylic oxidation sites excluding steroid dienone is 1. The van der Waals surface area contributed by atoms with E-state index in [2.05, 4.69) is 66.8 Å². The quantitative estimate of drug-likeness (QED) is 0.368. The minimum atomic E-state index is -3.78. The molecule has 0 aliphatic carbocycles. The number of hydrogen-bond donors (Lipinski definition) is 2. The Labute approximate surface area is 216 Å². The highest BCUT2D eigenvalue weighted by Crippen LogP contribution is 2.50. The zero-order valence-corrected chi connectivity index (χ0v) is 22.7. The van der Waals surface area contributed by atoms with Crippen LogP contribution < -0.4 is 10.2 Å². The van der Waals surface area contributed by atoms with Crippen LogP contribution in [0.4, 0.5) is 24.7 Å². The van der Waals surface area contributed by atoms with E-state index >= 15 is 4.39 Å². The Bertz CT molecular complexity index is 1390.